The summed E-state index contributed by atoms with van der Waals surface area (Å²) in [6.07, 6.45) is 0. The Morgan fingerprint density at radius 3 is 2.56 bits per heavy atom. The summed E-state index contributed by atoms with van der Waals surface area (Å²) in [6.45, 7) is 1.75. The molecule has 2 aromatic rings. The maximum absolute atomic E-state index is 11.2. The molecule has 0 radical (unpaired) electrons. The highest BCUT2D eigenvalue weighted by molar-refractivity contribution is 7.85. The van der Waals surface area contributed by atoms with Gasteiger partial charge in [0.2, 0.25) is 5.56 Å². The van der Waals surface area contributed by atoms with E-state index in [1.807, 2.05) is 0 Å². The molecule has 0 saturated carbocycles. The highest BCUT2D eigenvalue weighted by Gasteiger charge is 2.10. The predicted molar refractivity (Wildman–Crippen MR) is 59.1 cm³/mol. The molecular weight excluding hydrogens is 230 g/mol. The number of H-pyrrole nitrogens is 1. The van der Waals surface area contributed by atoms with Crippen molar-refractivity contribution in [2.45, 2.75) is 11.8 Å². The Kier molecular flexibility index (Phi) is 2.32. The number of aromatic nitrogens is 1. The zero-order valence-corrected chi connectivity index (χ0v) is 9.21. The zero-order chi connectivity index (χ0) is 11.9. The van der Waals surface area contributed by atoms with E-state index in [4.69, 9.17) is 4.55 Å². The van der Waals surface area contributed by atoms with Crippen LogP contribution in [0.1, 0.15) is 5.56 Å². The molecule has 0 aliphatic rings. The lowest BCUT2D eigenvalue weighted by atomic mass is 10.1. The Bertz CT molecular complexity index is 715. The summed E-state index contributed by atoms with van der Waals surface area (Å²) >= 11 is 0. The fourth-order valence-electron chi connectivity index (χ4n) is 1.57. The molecule has 16 heavy (non-hydrogen) atoms. The molecule has 1 aromatic heterocycles. The molecule has 0 unspecified atom stereocenters. The average molecular weight is 239 g/mol. The summed E-state index contributed by atoms with van der Waals surface area (Å²) in [5.74, 6) is 0. The van der Waals surface area contributed by atoms with Crippen molar-refractivity contribution in [2.24, 2.45) is 0 Å². The van der Waals surface area contributed by atoms with E-state index in [1.54, 1.807) is 13.0 Å². The van der Waals surface area contributed by atoms with Crippen molar-refractivity contribution in [2.75, 3.05) is 0 Å². The number of aromatic amines is 1. The molecule has 2 N–H and O–H groups in total. The molecule has 0 atom stereocenters. The topological polar surface area (TPSA) is 87.2 Å². The Morgan fingerprint density at radius 1 is 1.25 bits per heavy atom. The molecule has 1 heterocycles. The first-order valence-corrected chi connectivity index (χ1v) is 5.93. The molecule has 84 valence electrons. The van der Waals surface area contributed by atoms with Crippen LogP contribution in [-0.4, -0.2) is 18.0 Å². The van der Waals surface area contributed by atoms with Crippen LogP contribution in [0.5, 0.6) is 0 Å². The van der Waals surface area contributed by atoms with Crippen LogP contribution < -0.4 is 5.56 Å². The van der Waals surface area contributed by atoms with E-state index >= 15 is 0 Å². The number of nitrogens with one attached hydrogen (secondary N) is 1. The van der Waals surface area contributed by atoms with Gasteiger partial charge in [0, 0.05) is 17.0 Å². The number of aryl methyl sites for hydroxylation is 1. The minimum Gasteiger partial charge on any atom is -0.322 e. The van der Waals surface area contributed by atoms with E-state index in [9.17, 15) is 13.2 Å². The standard InChI is InChI=1S/C10H9NO4S/c1-6-4-10(12)11-9-5-7(16(13,14)15)2-3-8(6)9/h2-5H,1H3,(H,11,12)(H,13,14,15). The molecule has 0 amide bonds. The second-order valence-electron chi connectivity index (χ2n) is 3.50. The lowest BCUT2D eigenvalue weighted by Crippen LogP contribution is -2.06. The third-order valence-electron chi connectivity index (χ3n) is 2.32. The first-order chi connectivity index (χ1) is 7.38. The minimum absolute atomic E-state index is 0.235. The highest BCUT2D eigenvalue weighted by Crippen LogP contribution is 2.18. The van der Waals surface area contributed by atoms with Crippen LogP contribution in [0.25, 0.3) is 10.9 Å². The second kappa shape index (κ2) is 3.43. The van der Waals surface area contributed by atoms with Crippen LogP contribution in [0.4, 0.5) is 0 Å². The van der Waals surface area contributed by atoms with E-state index in [0.717, 1.165) is 10.9 Å². The second-order valence-corrected chi connectivity index (χ2v) is 4.92. The molecule has 0 aliphatic carbocycles. The number of hydrogen-bond acceptors (Lipinski definition) is 3. The van der Waals surface area contributed by atoms with Gasteiger partial charge in [-0.05, 0) is 24.6 Å². The highest BCUT2D eigenvalue weighted by atomic mass is 32.2. The Balaban J connectivity index is 2.87. The van der Waals surface area contributed by atoms with Crippen molar-refractivity contribution in [3.8, 4) is 0 Å². The predicted octanol–water partition coefficient (Wildman–Crippen LogP) is 1.08. The Labute approximate surface area is 91.5 Å². The van der Waals surface area contributed by atoms with E-state index in [1.165, 1.54) is 18.2 Å². The third-order valence-corrected chi connectivity index (χ3v) is 3.17. The van der Waals surface area contributed by atoms with E-state index < -0.39 is 10.1 Å². The molecule has 1 aromatic carbocycles. The summed E-state index contributed by atoms with van der Waals surface area (Å²) in [5.41, 5.74) is 0.832. The van der Waals surface area contributed by atoms with Gasteiger partial charge in [0.05, 0.1) is 4.90 Å². The monoisotopic (exact) mass is 239 g/mol. The van der Waals surface area contributed by atoms with Crippen molar-refractivity contribution >= 4 is 21.0 Å². The Morgan fingerprint density at radius 2 is 1.94 bits per heavy atom. The first kappa shape index (κ1) is 10.8. The van der Waals surface area contributed by atoms with E-state index in [0.29, 0.717) is 5.52 Å². The average Bonchev–Trinajstić information content (AvgIpc) is 2.15. The maximum Gasteiger partial charge on any atom is 0.294 e. The fourth-order valence-corrected chi connectivity index (χ4v) is 2.08. The van der Waals surface area contributed by atoms with Crippen LogP contribution in [0.3, 0.4) is 0 Å². The fraction of sp³-hybridized carbons (Fsp3) is 0.100. The van der Waals surface area contributed by atoms with Crippen molar-refractivity contribution in [3.05, 3.63) is 40.2 Å². The summed E-state index contributed by atoms with van der Waals surface area (Å²) in [6, 6.07) is 5.50. The Hall–Kier alpha value is -1.66. The van der Waals surface area contributed by atoms with Gasteiger partial charge in [-0.25, -0.2) is 0 Å². The van der Waals surface area contributed by atoms with E-state index in [-0.39, 0.29) is 10.5 Å². The van der Waals surface area contributed by atoms with Crippen LogP contribution in [0.2, 0.25) is 0 Å². The molecule has 2 rings (SSSR count). The van der Waals surface area contributed by atoms with Crippen LogP contribution in [0, 0.1) is 6.92 Å². The van der Waals surface area contributed by atoms with Crippen LogP contribution in [0.15, 0.2) is 34.0 Å². The van der Waals surface area contributed by atoms with Crippen LogP contribution in [-0.2, 0) is 10.1 Å². The molecule has 5 nitrogen and oxygen atoms in total. The van der Waals surface area contributed by atoms with Gasteiger partial charge < -0.3 is 4.98 Å². The first-order valence-electron chi connectivity index (χ1n) is 4.49. The minimum atomic E-state index is -4.24. The van der Waals surface area contributed by atoms with Crippen LogP contribution >= 0.6 is 0 Å². The van der Waals surface area contributed by atoms with Crippen molar-refractivity contribution in [3.63, 3.8) is 0 Å². The van der Waals surface area contributed by atoms with Gasteiger partial charge in [0.25, 0.3) is 10.1 Å². The molecular formula is C10H9NO4S. The summed E-state index contributed by atoms with van der Waals surface area (Å²) < 4.78 is 30.7. The summed E-state index contributed by atoms with van der Waals surface area (Å²) in [7, 11) is -4.24. The number of rotatable bonds is 1. The quantitative estimate of drug-likeness (QED) is 0.729. The molecule has 0 spiro atoms. The number of fused-ring (bicyclic) bond motifs is 1. The molecule has 0 fully saturated rings. The van der Waals surface area contributed by atoms with Crippen molar-refractivity contribution in [1.82, 2.24) is 4.98 Å². The van der Waals surface area contributed by atoms with Gasteiger partial charge in [-0.2, -0.15) is 8.42 Å². The van der Waals surface area contributed by atoms with Gasteiger partial charge >= 0.3 is 0 Å². The SMILES string of the molecule is Cc1cc(=O)[nH]c2cc(S(=O)(=O)O)ccc12. The zero-order valence-electron chi connectivity index (χ0n) is 8.39. The van der Waals surface area contributed by atoms with E-state index in [2.05, 4.69) is 4.98 Å². The smallest absolute Gasteiger partial charge is 0.294 e. The molecule has 6 heteroatoms. The van der Waals surface area contributed by atoms with Gasteiger partial charge in [-0.15, -0.1) is 0 Å². The normalized spacial score (nSPS) is 11.9. The molecule has 0 saturated heterocycles. The summed E-state index contributed by atoms with van der Waals surface area (Å²) in [5, 5.41) is 0.743. The maximum atomic E-state index is 11.2. The van der Waals surface area contributed by atoms with Crippen molar-refractivity contribution in [1.29, 1.82) is 0 Å². The number of benzene rings is 1. The number of pyridine rings is 1. The largest absolute Gasteiger partial charge is 0.322 e. The molecule has 0 aliphatic heterocycles. The third kappa shape index (κ3) is 1.84. The lowest BCUT2D eigenvalue weighted by Gasteiger charge is -2.03. The lowest BCUT2D eigenvalue weighted by molar-refractivity contribution is 0.483. The molecule has 0 bridgehead atoms. The van der Waals surface area contributed by atoms with Crippen molar-refractivity contribution < 1.29 is 13.0 Å². The van der Waals surface area contributed by atoms with Gasteiger partial charge in [0.1, 0.15) is 0 Å². The number of hydrogen-bond donors (Lipinski definition) is 2. The summed E-state index contributed by atoms with van der Waals surface area (Å²) in [4.78, 5) is 13.5. The van der Waals surface area contributed by atoms with Gasteiger partial charge in [-0.1, -0.05) is 6.07 Å². The van der Waals surface area contributed by atoms with Gasteiger partial charge in [-0.3, -0.25) is 9.35 Å². The van der Waals surface area contributed by atoms with Gasteiger partial charge in [0.15, 0.2) is 0 Å².